The molecule has 0 amide bonds. The molecular formula is C20H16F2N2S. The molecular weight excluding hydrogens is 338 g/mol. The topological polar surface area (TPSA) is 15.6 Å². The summed E-state index contributed by atoms with van der Waals surface area (Å²) in [5.74, 6) is -1.17. The van der Waals surface area contributed by atoms with Crippen LogP contribution in [0.15, 0.2) is 77.3 Å². The van der Waals surface area contributed by atoms with Crippen LogP contribution in [0.2, 0.25) is 0 Å². The lowest BCUT2D eigenvalue weighted by Crippen LogP contribution is -2.32. The van der Waals surface area contributed by atoms with Gasteiger partial charge in [-0.25, -0.2) is 0 Å². The van der Waals surface area contributed by atoms with Crippen LogP contribution in [-0.4, -0.2) is 23.0 Å². The summed E-state index contributed by atoms with van der Waals surface area (Å²) in [4.78, 5) is 2.10. The van der Waals surface area contributed by atoms with Crippen molar-refractivity contribution in [2.45, 2.75) is 5.92 Å². The molecule has 2 aliphatic heterocycles. The van der Waals surface area contributed by atoms with E-state index in [0.717, 1.165) is 29.3 Å². The number of nitrogens with zero attached hydrogens (tertiary/aromatic N) is 2. The van der Waals surface area contributed by atoms with Gasteiger partial charge in [-0.2, -0.15) is 13.2 Å². The Morgan fingerprint density at radius 2 is 1.68 bits per heavy atom. The van der Waals surface area contributed by atoms with Crippen LogP contribution in [0.3, 0.4) is 0 Å². The van der Waals surface area contributed by atoms with Gasteiger partial charge in [0, 0.05) is 35.2 Å². The molecule has 0 N–H and O–H groups in total. The molecule has 2 heterocycles. The minimum atomic E-state index is -3.01. The Morgan fingerprint density at radius 1 is 0.960 bits per heavy atom. The van der Waals surface area contributed by atoms with Crippen LogP contribution in [0, 0.1) is 0 Å². The molecule has 2 aromatic rings. The van der Waals surface area contributed by atoms with Crippen molar-refractivity contribution in [3.63, 3.8) is 0 Å². The highest BCUT2D eigenvalue weighted by molar-refractivity contribution is 7.98. The van der Waals surface area contributed by atoms with Crippen LogP contribution >= 0.6 is 11.9 Å². The molecule has 0 atom stereocenters. The van der Waals surface area contributed by atoms with Crippen molar-refractivity contribution in [1.82, 2.24) is 4.90 Å². The van der Waals surface area contributed by atoms with Gasteiger partial charge < -0.3 is 4.90 Å². The van der Waals surface area contributed by atoms with Crippen molar-refractivity contribution < 1.29 is 8.78 Å². The van der Waals surface area contributed by atoms with Gasteiger partial charge in [0.25, 0.3) is 5.92 Å². The van der Waals surface area contributed by atoms with Crippen molar-refractivity contribution in [2.75, 3.05) is 12.3 Å². The van der Waals surface area contributed by atoms with Crippen molar-refractivity contribution in [3.05, 3.63) is 89.6 Å². The number of hydrogen-bond donors (Lipinski definition) is 0. The second-order valence-electron chi connectivity index (χ2n) is 5.88. The number of benzene rings is 2. The Balaban J connectivity index is 1.66. The number of hydrogen-bond acceptors (Lipinski definition) is 3. The van der Waals surface area contributed by atoms with E-state index in [1.165, 1.54) is 36.2 Å². The van der Waals surface area contributed by atoms with E-state index in [0.29, 0.717) is 0 Å². The molecule has 126 valence electrons. The Kier molecular flexibility index (Phi) is 4.17. The fraction of sp³-hybridized carbons (Fsp3) is 0.150. The van der Waals surface area contributed by atoms with E-state index in [-0.39, 0.29) is 11.1 Å². The lowest BCUT2D eigenvalue weighted by atomic mass is 9.96. The average molecular weight is 354 g/mol. The number of allylic oxidation sites excluding steroid dienone is 2. The van der Waals surface area contributed by atoms with Gasteiger partial charge in [-0.1, -0.05) is 54.6 Å². The van der Waals surface area contributed by atoms with Crippen molar-refractivity contribution >= 4 is 23.4 Å². The largest absolute Gasteiger partial charge is 0.331 e. The molecule has 4 rings (SSSR count). The number of halogens is 2. The normalized spacial score (nSPS) is 17.0. The predicted molar refractivity (Wildman–Crippen MR) is 99.6 cm³/mol. The van der Waals surface area contributed by atoms with Crippen molar-refractivity contribution in [2.24, 2.45) is 4.40 Å². The van der Waals surface area contributed by atoms with E-state index in [1.807, 2.05) is 18.4 Å². The van der Waals surface area contributed by atoms with Gasteiger partial charge in [-0.15, -0.1) is 0 Å². The Bertz CT molecular complexity index is 855. The quantitative estimate of drug-likeness (QED) is 0.713. The maximum absolute atomic E-state index is 14.7. The van der Waals surface area contributed by atoms with Gasteiger partial charge in [-0.05, 0) is 29.7 Å². The highest BCUT2D eigenvalue weighted by Crippen LogP contribution is 2.36. The number of fused-ring (bicyclic) bond motifs is 1. The molecule has 0 radical (unpaired) electrons. The van der Waals surface area contributed by atoms with Gasteiger partial charge in [-0.3, -0.25) is 0 Å². The molecule has 0 spiro atoms. The summed E-state index contributed by atoms with van der Waals surface area (Å²) in [5.41, 5.74) is 1.85. The minimum Gasteiger partial charge on any atom is -0.331 e. The minimum absolute atomic E-state index is 0.00166. The third kappa shape index (κ3) is 3.00. The molecule has 5 heteroatoms. The Morgan fingerprint density at radius 3 is 2.44 bits per heavy atom. The molecule has 0 aromatic heterocycles. The first kappa shape index (κ1) is 16.1. The fourth-order valence-corrected chi connectivity index (χ4v) is 3.66. The monoisotopic (exact) mass is 354 g/mol. The first-order valence-electron chi connectivity index (χ1n) is 8.06. The van der Waals surface area contributed by atoms with Crippen LogP contribution in [0.5, 0.6) is 0 Å². The first-order chi connectivity index (χ1) is 12.2. The summed E-state index contributed by atoms with van der Waals surface area (Å²) < 4.78 is 33.9. The highest BCUT2D eigenvalue weighted by atomic mass is 32.2. The predicted octanol–water partition coefficient (Wildman–Crippen LogP) is 5.10. The molecule has 2 aromatic carbocycles. The van der Waals surface area contributed by atoms with Gasteiger partial charge >= 0.3 is 0 Å². The van der Waals surface area contributed by atoms with Crippen molar-refractivity contribution in [1.29, 1.82) is 0 Å². The van der Waals surface area contributed by atoms with Crippen LogP contribution in [0.25, 0.3) is 5.57 Å². The van der Waals surface area contributed by atoms with E-state index in [4.69, 9.17) is 0 Å². The maximum atomic E-state index is 14.7. The zero-order valence-electron chi connectivity index (χ0n) is 13.4. The van der Waals surface area contributed by atoms with Crippen LogP contribution in [-0.2, 0) is 5.92 Å². The third-order valence-electron chi connectivity index (χ3n) is 4.31. The molecule has 2 nitrogen and oxygen atoms in total. The van der Waals surface area contributed by atoms with E-state index in [2.05, 4.69) is 9.30 Å². The second-order valence-corrected chi connectivity index (χ2v) is 6.73. The first-order valence-corrected chi connectivity index (χ1v) is 9.00. The summed E-state index contributed by atoms with van der Waals surface area (Å²) in [7, 11) is 0. The van der Waals surface area contributed by atoms with Gasteiger partial charge in [0.2, 0.25) is 0 Å². The lowest BCUT2D eigenvalue weighted by Gasteiger charge is -2.29. The van der Waals surface area contributed by atoms with E-state index >= 15 is 0 Å². The van der Waals surface area contributed by atoms with E-state index in [9.17, 15) is 8.78 Å². The summed E-state index contributed by atoms with van der Waals surface area (Å²) in [6, 6.07) is 14.4. The molecule has 0 saturated carbocycles. The smallest absolute Gasteiger partial charge is 0.298 e. The molecule has 25 heavy (non-hydrogen) atoms. The number of amidine groups is 1. The zero-order chi connectivity index (χ0) is 17.3. The fourth-order valence-electron chi connectivity index (χ4n) is 2.97. The highest BCUT2D eigenvalue weighted by Gasteiger charge is 2.33. The zero-order valence-corrected chi connectivity index (χ0v) is 14.2. The summed E-state index contributed by atoms with van der Waals surface area (Å²) in [5, 5.41) is 0. The SMILES string of the molecule is FC(F)(c1ccccc1)c1ccc(C2=CC=CN3CCSN=C23)cc1. The summed E-state index contributed by atoms with van der Waals surface area (Å²) in [6.45, 7) is 0.904. The third-order valence-corrected chi connectivity index (χ3v) is 4.98. The van der Waals surface area contributed by atoms with Crippen LogP contribution in [0.1, 0.15) is 16.7 Å². The molecule has 2 aliphatic rings. The molecule has 0 saturated heterocycles. The molecule has 0 unspecified atom stereocenters. The summed E-state index contributed by atoms with van der Waals surface area (Å²) >= 11 is 1.54. The number of rotatable bonds is 3. The number of alkyl halides is 2. The maximum Gasteiger partial charge on any atom is 0.298 e. The van der Waals surface area contributed by atoms with Crippen LogP contribution < -0.4 is 0 Å². The van der Waals surface area contributed by atoms with Gasteiger partial charge in [0.15, 0.2) is 0 Å². The molecule has 0 aliphatic carbocycles. The second kappa shape index (κ2) is 6.48. The van der Waals surface area contributed by atoms with Gasteiger partial charge in [0.1, 0.15) is 5.84 Å². The Labute approximate surface area is 149 Å². The summed E-state index contributed by atoms with van der Waals surface area (Å²) in [6.07, 6.45) is 5.95. The molecule has 0 fully saturated rings. The average Bonchev–Trinajstić information content (AvgIpc) is 2.68. The van der Waals surface area contributed by atoms with E-state index < -0.39 is 5.92 Å². The Hall–Kier alpha value is -2.40. The van der Waals surface area contributed by atoms with Crippen molar-refractivity contribution in [3.8, 4) is 0 Å². The standard InChI is InChI=1S/C20H16F2N2S/c21-20(22,16-5-2-1-3-6-16)17-10-8-15(9-11-17)18-7-4-12-24-13-14-25-23-19(18)24/h1-12H,13-14H2. The lowest BCUT2D eigenvalue weighted by molar-refractivity contribution is 0.0428. The molecule has 0 bridgehead atoms. The van der Waals surface area contributed by atoms with E-state index in [1.54, 1.807) is 30.3 Å². The van der Waals surface area contributed by atoms with Crippen LogP contribution in [0.4, 0.5) is 8.78 Å². The van der Waals surface area contributed by atoms with Gasteiger partial charge in [0.05, 0.1) is 0 Å².